The summed E-state index contributed by atoms with van der Waals surface area (Å²) >= 11 is 0. The normalized spacial score (nSPS) is 22.4. The van der Waals surface area contributed by atoms with Crippen LogP contribution in [0.25, 0.3) is 0 Å². The molecule has 1 nitrogen and oxygen atoms in total. The molecule has 0 radical (unpaired) electrons. The molecule has 3 heteroatoms. The van der Waals surface area contributed by atoms with E-state index in [0.717, 1.165) is 36.9 Å². The van der Waals surface area contributed by atoms with Gasteiger partial charge in [-0.15, -0.1) is 0 Å². The molecule has 0 bridgehead atoms. The number of nitrogens with one attached hydrogen (secondary N) is 1. The number of piperidine rings is 1. The van der Waals surface area contributed by atoms with Crippen LogP contribution in [-0.4, -0.2) is 18.8 Å². The molecule has 1 aliphatic heterocycles. The first-order chi connectivity index (χ1) is 8.16. The summed E-state index contributed by atoms with van der Waals surface area (Å²) in [7, 11) is 0. The third-order valence-corrected chi connectivity index (χ3v) is 3.51. The van der Waals surface area contributed by atoms with Crippen LogP contribution in [0.15, 0.2) is 18.2 Å². The van der Waals surface area contributed by atoms with Gasteiger partial charge in [-0.3, -0.25) is 0 Å². The smallest absolute Gasteiger partial charge is 0.123 e. The van der Waals surface area contributed by atoms with Crippen molar-refractivity contribution in [3.05, 3.63) is 35.1 Å². The summed E-state index contributed by atoms with van der Waals surface area (Å²) in [5.41, 5.74) is 1.75. The number of halogens is 2. The Kier molecular flexibility index (Phi) is 4.11. The Labute approximate surface area is 101 Å². The lowest BCUT2D eigenvalue weighted by molar-refractivity contribution is 0.216. The maximum absolute atomic E-state index is 14.1. The quantitative estimate of drug-likeness (QED) is 0.854. The molecule has 17 heavy (non-hydrogen) atoms. The van der Waals surface area contributed by atoms with E-state index in [2.05, 4.69) is 5.32 Å². The number of hydrogen-bond donors (Lipinski definition) is 1. The van der Waals surface area contributed by atoms with E-state index in [1.165, 1.54) is 12.1 Å². The first-order valence-corrected chi connectivity index (χ1v) is 6.29. The largest absolute Gasteiger partial charge is 0.311 e. The standard InChI is InChI=1S/C14H19F2N/c1-10-5-6-12(15)8-11(10)9-13(16)14-4-2-3-7-17-14/h5-6,8,13-14,17H,2-4,7,9H2,1H3. The predicted molar refractivity (Wildman–Crippen MR) is 65.4 cm³/mol. The molecular weight excluding hydrogens is 220 g/mol. The van der Waals surface area contributed by atoms with E-state index in [4.69, 9.17) is 0 Å². The molecule has 1 heterocycles. The minimum Gasteiger partial charge on any atom is -0.311 e. The molecule has 2 unspecified atom stereocenters. The first kappa shape index (κ1) is 12.5. The van der Waals surface area contributed by atoms with Crippen LogP contribution in [0.2, 0.25) is 0 Å². The number of benzene rings is 1. The minimum absolute atomic E-state index is 0.0635. The molecular formula is C14H19F2N. The SMILES string of the molecule is Cc1ccc(F)cc1CC(F)C1CCCCN1. The molecule has 1 fully saturated rings. The fourth-order valence-corrected chi connectivity index (χ4v) is 2.40. The van der Waals surface area contributed by atoms with E-state index in [1.54, 1.807) is 6.07 Å². The summed E-state index contributed by atoms with van der Waals surface area (Å²) in [5, 5.41) is 3.20. The Morgan fingerprint density at radius 2 is 2.24 bits per heavy atom. The van der Waals surface area contributed by atoms with Gasteiger partial charge in [0.2, 0.25) is 0 Å². The summed E-state index contributed by atoms with van der Waals surface area (Å²) in [4.78, 5) is 0. The van der Waals surface area contributed by atoms with Crippen LogP contribution in [0.4, 0.5) is 8.78 Å². The van der Waals surface area contributed by atoms with Gasteiger partial charge in [-0.05, 0) is 49.6 Å². The molecule has 94 valence electrons. The molecule has 0 saturated carbocycles. The van der Waals surface area contributed by atoms with Gasteiger partial charge in [0.15, 0.2) is 0 Å². The van der Waals surface area contributed by atoms with Gasteiger partial charge in [-0.2, -0.15) is 0 Å². The van der Waals surface area contributed by atoms with Crippen molar-refractivity contribution in [3.8, 4) is 0 Å². The van der Waals surface area contributed by atoms with Gasteiger partial charge in [0.05, 0.1) is 0 Å². The molecule has 0 aliphatic carbocycles. The molecule has 1 aromatic carbocycles. The highest BCUT2D eigenvalue weighted by molar-refractivity contribution is 5.27. The second-order valence-electron chi connectivity index (χ2n) is 4.85. The van der Waals surface area contributed by atoms with E-state index < -0.39 is 6.17 Å². The monoisotopic (exact) mass is 239 g/mol. The second kappa shape index (κ2) is 5.58. The zero-order valence-corrected chi connectivity index (χ0v) is 10.2. The summed E-state index contributed by atoms with van der Waals surface area (Å²) in [5.74, 6) is -0.283. The van der Waals surface area contributed by atoms with Crippen LogP contribution in [0.1, 0.15) is 30.4 Å². The molecule has 0 spiro atoms. The maximum atomic E-state index is 14.1. The average molecular weight is 239 g/mol. The van der Waals surface area contributed by atoms with Crippen LogP contribution in [0.3, 0.4) is 0 Å². The Morgan fingerprint density at radius 1 is 1.41 bits per heavy atom. The van der Waals surface area contributed by atoms with Gasteiger partial charge in [0.25, 0.3) is 0 Å². The summed E-state index contributed by atoms with van der Waals surface area (Å²) in [6.07, 6.45) is 2.48. The lowest BCUT2D eigenvalue weighted by Gasteiger charge is -2.26. The van der Waals surface area contributed by atoms with E-state index in [-0.39, 0.29) is 11.9 Å². The van der Waals surface area contributed by atoms with Crippen LogP contribution in [-0.2, 0) is 6.42 Å². The number of alkyl halides is 1. The zero-order valence-electron chi connectivity index (χ0n) is 10.2. The molecule has 1 aromatic rings. The molecule has 1 N–H and O–H groups in total. The van der Waals surface area contributed by atoms with Crippen molar-refractivity contribution < 1.29 is 8.78 Å². The molecule has 1 aliphatic rings. The minimum atomic E-state index is -0.921. The highest BCUT2D eigenvalue weighted by Crippen LogP contribution is 2.19. The van der Waals surface area contributed by atoms with Gasteiger partial charge < -0.3 is 5.32 Å². The second-order valence-corrected chi connectivity index (χ2v) is 4.85. The summed E-state index contributed by atoms with van der Waals surface area (Å²) in [6, 6.07) is 4.52. The Bertz CT molecular complexity index is 372. The Balaban J connectivity index is 2.01. The van der Waals surface area contributed by atoms with Crippen LogP contribution in [0.5, 0.6) is 0 Å². The van der Waals surface area contributed by atoms with Crippen molar-refractivity contribution in [3.63, 3.8) is 0 Å². The van der Waals surface area contributed by atoms with Crippen LogP contribution < -0.4 is 5.32 Å². The summed E-state index contributed by atoms with van der Waals surface area (Å²) < 4.78 is 27.2. The van der Waals surface area contributed by atoms with Crippen LogP contribution in [0, 0.1) is 12.7 Å². The third kappa shape index (κ3) is 3.25. The molecule has 0 amide bonds. The topological polar surface area (TPSA) is 12.0 Å². The van der Waals surface area contributed by atoms with Gasteiger partial charge in [-0.1, -0.05) is 12.5 Å². The van der Waals surface area contributed by atoms with Crippen molar-refractivity contribution in [1.82, 2.24) is 5.32 Å². The van der Waals surface area contributed by atoms with E-state index in [0.29, 0.717) is 6.42 Å². The van der Waals surface area contributed by atoms with E-state index in [1.807, 2.05) is 6.92 Å². The molecule has 2 rings (SSSR count). The van der Waals surface area contributed by atoms with Gasteiger partial charge in [0.1, 0.15) is 12.0 Å². The van der Waals surface area contributed by atoms with E-state index >= 15 is 0 Å². The van der Waals surface area contributed by atoms with Crippen molar-refractivity contribution in [2.75, 3.05) is 6.54 Å². The van der Waals surface area contributed by atoms with Crippen molar-refractivity contribution in [2.24, 2.45) is 0 Å². The van der Waals surface area contributed by atoms with Crippen molar-refractivity contribution in [1.29, 1.82) is 0 Å². The van der Waals surface area contributed by atoms with E-state index in [9.17, 15) is 8.78 Å². The number of hydrogen-bond acceptors (Lipinski definition) is 1. The first-order valence-electron chi connectivity index (χ1n) is 6.29. The predicted octanol–water partition coefficient (Wildman–Crippen LogP) is 3.16. The van der Waals surface area contributed by atoms with Gasteiger partial charge in [-0.25, -0.2) is 8.78 Å². The number of aryl methyl sites for hydroxylation is 1. The lowest BCUT2D eigenvalue weighted by Crippen LogP contribution is -2.42. The third-order valence-electron chi connectivity index (χ3n) is 3.51. The van der Waals surface area contributed by atoms with Crippen molar-refractivity contribution in [2.45, 2.75) is 44.8 Å². The fraction of sp³-hybridized carbons (Fsp3) is 0.571. The average Bonchev–Trinajstić information content (AvgIpc) is 2.35. The Hall–Kier alpha value is -0.960. The molecule has 1 saturated heterocycles. The fourth-order valence-electron chi connectivity index (χ4n) is 2.40. The van der Waals surface area contributed by atoms with Crippen molar-refractivity contribution >= 4 is 0 Å². The Morgan fingerprint density at radius 3 is 2.94 bits per heavy atom. The van der Waals surface area contributed by atoms with Gasteiger partial charge >= 0.3 is 0 Å². The molecule has 0 aromatic heterocycles. The summed E-state index contributed by atoms with van der Waals surface area (Å²) in [6.45, 7) is 2.79. The highest BCUT2D eigenvalue weighted by atomic mass is 19.1. The maximum Gasteiger partial charge on any atom is 0.123 e. The highest BCUT2D eigenvalue weighted by Gasteiger charge is 2.23. The number of rotatable bonds is 3. The lowest BCUT2D eigenvalue weighted by atomic mass is 9.94. The zero-order chi connectivity index (χ0) is 12.3. The molecule has 2 atom stereocenters. The van der Waals surface area contributed by atoms with Gasteiger partial charge in [0, 0.05) is 12.5 Å². The van der Waals surface area contributed by atoms with Crippen LogP contribution >= 0.6 is 0 Å².